The maximum atomic E-state index is 13.6. The Balaban J connectivity index is 0.000000320. The minimum atomic E-state index is -0.599. The summed E-state index contributed by atoms with van der Waals surface area (Å²) in [4.78, 5) is 37.6. The Hall–Kier alpha value is 26.0. The second-order valence-corrected chi connectivity index (χ2v) is 1110. The van der Waals surface area contributed by atoms with Crippen LogP contribution < -0.4 is 23.9 Å². The molecular formula is C65H75ClF2I47N9O6. The van der Waals surface area contributed by atoms with E-state index < -0.39 is 186 Å². The Morgan fingerprint density at radius 2 is 0.769 bits per heavy atom. The van der Waals surface area contributed by atoms with Crippen LogP contribution in [0.2, 0.25) is 0 Å². The number of quaternary nitrogens is 1. The van der Waals surface area contributed by atoms with Crippen LogP contribution in [0, 0.1) is 34.8 Å². The number of carbonyl (C=O) groups is 2. The van der Waals surface area contributed by atoms with Crippen LogP contribution in [-0.4, -0.2) is 93.1 Å². The third kappa shape index (κ3) is 50.2. The predicted molar refractivity (Wildman–Crippen MR) is 964 cm³/mol. The molecule has 4 bridgehead atoms. The van der Waals surface area contributed by atoms with E-state index >= 15 is 0 Å². The van der Waals surface area contributed by atoms with E-state index in [-0.39, 0.29) is 63.9 Å². The normalized spacial score (nSPS) is 19.7. The molecule has 0 unspecified atom stereocenters. The first-order chi connectivity index (χ1) is 60.5. The Labute approximate surface area is 1090 Å². The summed E-state index contributed by atoms with van der Waals surface area (Å²) in [5, 5.41) is 21.9. The molecule has 6 fully saturated rings. The van der Waals surface area contributed by atoms with Gasteiger partial charge < -0.3 is 33.6 Å². The zero-order valence-corrected chi connectivity index (χ0v) is 164. The van der Waals surface area contributed by atoms with E-state index in [4.69, 9.17) is 35.4 Å². The van der Waals surface area contributed by atoms with Gasteiger partial charge in [0, 0.05) is 54.7 Å². The number of fused-ring (bicyclic) bond motifs is 6. The summed E-state index contributed by atoms with van der Waals surface area (Å²) in [6.07, 6.45) is 4.11. The van der Waals surface area contributed by atoms with Gasteiger partial charge in [0.05, 0.1) is 25.0 Å². The smallest absolute Gasteiger partial charge is 0.333 e. The molecule has 8 aromatic rings. The maximum absolute atomic E-state index is 13.6. The zero-order chi connectivity index (χ0) is 93.1. The number of alkyl halides is 1. The van der Waals surface area contributed by atoms with Crippen LogP contribution in [0.5, 0.6) is 0 Å². The molecule has 130 heavy (non-hydrogen) atoms. The number of piperidine rings is 6. The van der Waals surface area contributed by atoms with Crippen LogP contribution in [0.4, 0.5) is 20.2 Å². The molecule has 6 saturated heterocycles. The van der Waals surface area contributed by atoms with Crippen molar-refractivity contribution in [3.63, 3.8) is 0 Å². The van der Waals surface area contributed by atoms with Gasteiger partial charge >= 0.3 is 646 Å². The van der Waals surface area contributed by atoms with Gasteiger partial charge in [-0.05, 0) is 116 Å². The van der Waals surface area contributed by atoms with Crippen LogP contribution >= 0.6 is 632 Å². The molecule has 6 aliphatic rings. The van der Waals surface area contributed by atoms with E-state index in [1.807, 2.05) is 121 Å². The van der Waals surface area contributed by atoms with Gasteiger partial charge in [-0.3, -0.25) is 4.90 Å². The quantitative estimate of drug-likeness (QED) is 0.0162. The number of hydrogen-bond donors (Lipinski definition) is 2. The van der Waals surface area contributed by atoms with E-state index in [1.54, 1.807) is 30.3 Å². The monoisotopic (exact) mass is 7120 g/mol. The molecule has 2 aromatic heterocycles. The molecule has 6 aliphatic heterocycles. The second kappa shape index (κ2) is 81.0. The molecular weight excluding hydrogens is 7040 g/mol. The number of benzene rings is 6. The minimum Gasteiger partial charge on any atom is -0.459 e. The second-order valence-electron chi connectivity index (χ2n) is 23.8. The van der Waals surface area contributed by atoms with Crippen molar-refractivity contribution >= 4 is 655 Å². The Kier molecular flexibility index (Phi) is 91.3. The number of rotatable bonds is 37. The molecule has 65 heteroatoms. The molecule has 0 spiro atoms. The molecule has 14 rings (SSSR count). The SMILES string of the molecule is C.C.C.CC#N.Fc1ccc(-c2nc(CCl)no2)cc1.I[I-]I(I)I(I)I(I)I(I)I(I)I(I)I(I)I(I)I(I)I(I)I(I)I(I)I(I)I(I)I(I)I(I)I(I)I(I)I(I)I(I)I(I)I(I)I.O=C(O[C@H]1CN2CCC1CC2)[C@H](Nc1ccccc1)c1ccccc1.O=C(O[C@H]1C[N+]2(Cc3noc(-c4ccc(F)cc4)n3)CCC1CC2)[C@H](Nc1ccccc1)c1ccccc1. The summed E-state index contributed by atoms with van der Waals surface area (Å²) in [6.45, 7) is 7.90. The van der Waals surface area contributed by atoms with Crippen molar-refractivity contribution in [2.24, 2.45) is 11.8 Å². The first-order valence-corrected chi connectivity index (χ1v) is 323. The Bertz CT molecular complexity index is 4610. The number of carbonyl (C=O) groups excluding carboxylic acids is 2. The number of para-hydroxylation sites is 2. The summed E-state index contributed by atoms with van der Waals surface area (Å²) in [5.41, 5.74) is 4.94. The summed E-state index contributed by atoms with van der Waals surface area (Å²) in [5.74, 6) is 1.77. The van der Waals surface area contributed by atoms with Crippen LogP contribution in [0.1, 0.15) is 89.7 Å². The molecule has 4 atom stereocenters. The number of esters is 2. The standard InChI is InChI=1S/C30H30FN4O3.C21H24N2O2.C9H6ClFN2O.C2H3N.3CH4.I47/c31-24-13-11-23(12-14-24)29-33-27(34-38-29)20-35-17-15-21(16-18-35)26(19-35)37-30(36)28(22-7-3-1-4-8-22)32-25-9-5-2-6-10-25;24-21(25-19-15-23-13-11-16(19)12-14-23)20(17-7-3-1-4-8-17)22-18-9-5-2-6-10-18;10-5-8-12-9(14-13-8)6-1-3-7(11)4-2-6;1-2-3;;;;1-25-27(4)29(6)31(8)33(10)35(12)37(14)39(16)41(18)43(20)45(22)47(24)46(23)44(21)42(19)40(17)38(15)36(13)34(11)32(9)30(7)28(5)26(2)3/h1-14,21,26,28,32H,15-20H2;1-10,16,19-20,22H,11-15H2;1-4H,5H2;1H3;3*1H4;/q+1;;;;;;;-1/t21?,26-,28+,35?;19-,20+;;;;;;/m00....../s1. The van der Waals surface area contributed by atoms with Gasteiger partial charge in [0.15, 0.2) is 24.0 Å². The number of hydrogen-bond acceptors (Lipinski definition) is 14. The van der Waals surface area contributed by atoms with Crippen molar-refractivity contribution in [1.29, 1.82) is 5.26 Å². The van der Waals surface area contributed by atoms with Crippen LogP contribution in [-0.2, 0) is 31.5 Å². The fourth-order valence-corrected chi connectivity index (χ4v) is 8600. The number of anilines is 2. The minimum absolute atomic E-state index is 0. The van der Waals surface area contributed by atoms with Gasteiger partial charge in [0.1, 0.15) is 30.8 Å². The van der Waals surface area contributed by atoms with E-state index in [0.717, 1.165) is 91.9 Å². The van der Waals surface area contributed by atoms with Crippen molar-refractivity contribution in [1.82, 2.24) is 25.2 Å². The first-order valence-electron chi connectivity index (χ1n) is 33.4. The first kappa shape index (κ1) is 146. The predicted octanol–water partition coefficient (Wildman–Crippen LogP) is 51.7. The molecule has 0 aliphatic carbocycles. The average Bonchev–Trinajstić information content (AvgIpc) is 1.22. The van der Waals surface area contributed by atoms with Crippen LogP contribution in [0.25, 0.3) is 22.9 Å². The Morgan fingerprint density at radius 3 is 1.08 bits per heavy atom. The summed E-state index contributed by atoms with van der Waals surface area (Å²) < 4.78 is 49.2. The fraction of sp³-hybridized carbons (Fsp3) is 0.338. The fourth-order valence-electron chi connectivity index (χ4n) is 11.3. The van der Waals surface area contributed by atoms with Gasteiger partial charge in [-0.1, -0.05) is 130 Å². The third-order valence-electron chi connectivity index (χ3n) is 16.5. The molecule has 8 heterocycles. The molecule has 2 N–H and O–H groups in total. The topological polar surface area (TPSA) is 182 Å². The third-order valence-corrected chi connectivity index (χ3v) is 3570. The van der Waals surface area contributed by atoms with Crippen molar-refractivity contribution in [2.75, 3.05) is 49.9 Å². The van der Waals surface area contributed by atoms with E-state index in [9.17, 15) is 18.4 Å². The summed E-state index contributed by atoms with van der Waals surface area (Å²) >= 11 is 84.4. The molecule has 0 radical (unpaired) electrons. The van der Waals surface area contributed by atoms with Crippen LogP contribution in [0.15, 0.2) is 179 Å². The van der Waals surface area contributed by atoms with Gasteiger partial charge in [0.25, 0.3) is 11.8 Å². The largest absolute Gasteiger partial charge is 0.459 e. The summed E-state index contributed by atoms with van der Waals surface area (Å²) in [7, 11) is -11.4. The molecule has 6 aromatic carbocycles. The number of aromatic nitrogens is 4. The van der Waals surface area contributed by atoms with Crippen molar-refractivity contribution in [3.05, 3.63) is 204 Å². The van der Waals surface area contributed by atoms with E-state index in [0.29, 0.717) is 66.2 Å². The number of halogens is 50. The maximum Gasteiger partial charge on any atom is 0.333 e. The molecule has 0 amide bonds. The number of nitrogens with zero attached hydrogens (tertiary/aromatic N) is 7. The van der Waals surface area contributed by atoms with Crippen molar-refractivity contribution in [2.45, 2.75) is 91.6 Å². The van der Waals surface area contributed by atoms with Crippen molar-refractivity contribution in [3.8, 4) is 29.0 Å². The van der Waals surface area contributed by atoms with E-state index in [2.05, 4.69) is 483 Å². The average molecular weight is 7120 g/mol. The van der Waals surface area contributed by atoms with E-state index in [1.165, 1.54) is 31.2 Å². The zero-order valence-electron chi connectivity index (χ0n) is 62.1. The number of nitrogens with one attached hydrogen (secondary N) is 2. The Morgan fingerprint density at radius 1 is 0.469 bits per heavy atom. The number of ether oxygens (including phenoxy) is 2. The van der Waals surface area contributed by atoms with Crippen LogP contribution in [0.3, 0.4) is 0 Å². The summed E-state index contributed by atoms with van der Waals surface area (Å²) in [6, 6.07) is 51.6. The van der Waals surface area contributed by atoms with Gasteiger partial charge in [0.2, 0.25) is 5.82 Å². The molecule has 766 valence electrons. The number of nitriles is 1. The van der Waals surface area contributed by atoms with Gasteiger partial charge in [-0.2, -0.15) is 15.2 Å². The molecule has 15 nitrogen and oxygen atoms in total. The van der Waals surface area contributed by atoms with Gasteiger partial charge in [-0.25, -0.2) is 18.4 Å². The molecule has 0 saturated carbocycles. The van der Waals surface area contributed by atoms with Gasteiger partial charge in [-0.15, -0.1) is 11.6 Å². The van der Waals surface area contributed by atoms with Crippen molar-refractivity contribution < 1.29 is 54.6 Å².